The number of amides is 2. The van der Waals surface area contributed by atoms with Crippen molar-refractivity contribution in [3.8, 4) is 0 Å². The van der Waals surface area contributed by atoms with Gasteiger partial charge in [-0.05, 0) is 54.5 Å². The minimum absolute atomic E-state index is 0.0645. The lowest BCUT2D eigenvalue weighted by molar-refractivity contribution is -0.148. The summed E-state index contributed by atoms with van der Waals surface area (Å²) in [7, 11) is 0. The van der Waals surface area contributed by atoms with Gasteiger partial charge < -0.3 is 9.15 Å². The molecule has 0 spiro atoms. The average molecular weight is 356 g/mol. The molecule has 1 aliphatic rings. The summed E-state index contributed by atoms with van der Waals surface area (Å²) in [4.78, 5) is 35.1. The van der Waals surface area contributed by atoms with Gasteiger partial charge in [-0.1, -0.05) is 18.2 Å². The van der Waals surface area contributed by atoms with E-state index in [2.05, 4.69) is 16.9 Å². The van der Waals surface area contributed by atoms with Crippen LogP contribution in [0.5, 0.6) is 0 Å². The van der Waals surface area contributed by atoms with Gasteiger partial charge in [-0.15, -0.1) is 0 Å². The summed E-state index contributed by atoms with van der Waals surface area (Å²) < 4.78 is 9.83. The number of hydrazine groups is 1. The molecule has 7 nitrogen and oxygen atoms in total. The standard InChI is InChI=1S/C19H20N2O5/c22-17(20-21-19(24)16-6-3-9-25-16)12-26-18(23)11-13-7-8-14-4-1-2-5-15(14)10-13/h3,6-10H,1-2,4-5,11-12H2,(H,20,22)(H,21,24). The quantitative estimate of drug-likeness (QED) is 0.628. The number of hydrogen-bond donors (Lipinski definition) is 2. The third-order valence-electron chi connectivity index (χ3n) is 4.19. The topological polar surface area (TPSA) is 97.6 Å². The fraction of sp³-hybridized carbons (Fsp3) is 0.316. The maximum Gasteiger partial charge on any atom is 0.310 e. The summed E-state index contributed by atoms with van der Waals surface area (Å²) in [6.45, 7) is -0.470. The molecule has 0 bridgehead atoms. The van der Waals surface area contributed by atoms with Gasteiger partial charge in [0.2, 0.25) is 0 Å². The summed E-state index contributed by atoms with van der Waals surface area (Å²) in [6, 6.07) is 9.04. The molecular weight excluding hydrogens is 336 g/mol. The van der Waals surface area contributed by atoms with Gasteiger partial charge in [0.15, 0.2) is 12.4 Å². The van der Waals surface area contributed by atoms with Crippen LogP contribution in [0.15, 0.2) is 41.0 Å². The van der Waals surface area contributed by atoms with Gasteiger partial charge in [-0.2, -0.15) is 0 Å². The Balaban J connectivity index is 1.41. The number of hydrogen-bond acceptors (Lipinski definition) is 5. The zero-order valence-corrected chi connectivity index (χ0v) is 14.2. The maximum atomic E-state index is 11.9. The zero-order chi connectivity index (χ0) is 18.4. The van der Waals surface area contributed by atoms with Crippen LogP contribution < -0.4 is 10.9 Å². The summed E-state index contributed by atoms with van der Waals surface area (Å²) in [5.41, 5.74) is 7.84. The second-order valence-electron chi connectivity index (χ2n) is 6.13. The van der Waals surface area contributed by atoms with Gasteiger partial charge in [0.1, 0.15) is 0 Å². The summed E-state index contributed by atoms with van der Waals surface area (Å²) in [5.74, 6) is -1.66. The molecule has 1 aromatic carbocycles. The molecule has 1 heterocycles. The van der Waals surface area contributed by atoms with E-state index in [-0.39, 0.29) is 12.2 Å². The molecule has 136 valence electrons. The van der Waals surface area contributed by atoms with Crippen molar-refractivity contribution in [1.82, 2.24) is 10.9 Å². The SMILES string of the molecule is O=C(COC(=O)Cc1ccc2c(c1)CCCC2)NNC(=O)c1ccco1. The zero-order valence-electron chi connectivity index (χ0n) is 14.2. The average Bonchev–Trinajstić information content (AvgIpc) is 3.19. The van der Waals surface area contributed by atoms with Crippen LogP contribution in [0.25, 0.3) is 0 Å². The Kier molecular flexibility index (Phi) is 5.68. The minimum atomic E-state index is -0.635. The van der Waals surface area contributed by atoms with E-state index in [0.29, 0.717) is 0 Å². The maximum absolute atomic E-state index is 11.9. The highest BCUT2D eigenvalue weighted by Gasteiger charge is 2.14. The third-order valence-corrected chi connectivity index (χ3v) is 4.19. The predicted octanol–water partition coefficient (Wildman–Crippen LogP) is 1.71. The van der Waals surface area contributed by atoms with Crippen LogP contribution in [0.3, 0.4) is 0 Å². The minimum Gasteiger partial charge on any atom is -0.459 e. The smallest absolute Gasteiger partial charge is 0.310 e. The molecule has 0 saturated carbocycles. The Labute approximate surface area is 150 Å². The van der Waals surface area contributed by atoms with Crippen molar-refractivity contribution in [3.05, 3.63) is 59.0 Å². The fourth-order valence-corrected chi connectivity index (χ4v) is 2.89. The third kappa shape index (κ3) is 4.72. The second-order valence-corrected chi connectivity index (χ2v) is 6.13. The van der Waals surface area contributed by atoms with Crippen molar-refractivity contribution in [2.45, 2.75) is 32.1 Å². The number of aryl methyl sites for hydroxylation is 2. The lowest BCUT2D eigenvalue weighted by atomic mass is 9.90. The molecule has 0 atom stereocenters. The molecule has 1 aliphatic carbocycles. The summed E-state index contributed by atoms with van der Waals surface area (Å²) >= 11 is 0. The first-order valence-corrected chi connectivity index (χ1v) is 8.51. The molecule has 0 aliphatic heterocycles. The van der Waals surface area contributed by atoms with Crippen molar-refractivity contribution in [1.29, 1.82) is 0 Å². The molecule has 2 N–H and O–H groups in total. The van der Waals surface area contributed by atoms with Crippen molar-refractivity contribution in [2.75, 3.05) is 6.61 Å². The first kappa shape index (κ1) is 17.7. The molecule has 2 amide bonds. The summed E-state index contributed by atoms with van der Waals surface area (Å²) in [6.07, 6.45) is 5.96. The highest BCUT2D eigenvalue weighted by atomic mass is 16.5. The molecule has 0 radical (unpaired) electrons. The number of furan rings is 1. The van der Waals surface area contributed by atoms with E-state index in [4.69, 9.17) is 9.15 Å². The van der Waals surface area contributed by atoms with Crippen molar-refractivity contribution in [3.63, 3.8) is 0 Å². The molecule has 26 heavy (non-hydrogen) atoms. The molecule has 2 aromatic rings. The lowest BCUT2D eigenvalue weighted by Crippen LogP contribution is -2.43. The van der Waals surface area contributed by atoms with Crippen molar-refractivity contribution < 1.29 is 23.5 Å². The number of nitrogens with one attached hydrogen (secondary N) is 2. The Bertz CT molecular complexity index is 798. The molecule has 1 aromatic heterocycles. The first-order valence-electron chi connectivity index (χ1n) is 8.51. The van der Waals surface area contributed by atoms with Crippen molar-refractivity contribution >= 4 is 17.8 Å². The van der Waals surface area contributed by atoms with Crippen LogP contribution in [0.1, 0.15) is 40.1 Å². The van der Waals surface area contributed by atoms with Gasteiger partial charge in [0.05, 0.1) is 12.7 Å². The van der Waals surface area contributed by atoms with E-state index in [1.165, 1.54) is 36.3 Å². The normalized spacial score (nSPS) is 12.8. The van der Waals surface area contributed by atoms with E-state index in [0.717, 1.165) is 18.4 Å². The van der Waals surface area contributed by atoms with E-state index in [1.807, 2.05) is 12.1 Å². The highest BCUT2D eigenvalue weighted by molar-refractivity contribution is 5.93. The van der Waals surface area contributed by atoms with Gasteiger partial charge in [0.25, 0.3) is 5.91 Å². The van der Waals surface area contributed by atoms with Crippen molar-refractivity contribution in [2.24, 2.45) is 0 Å². The largest absolute Gasteiger partial charge is 0.459 e. The number of ether oxygens (including phenoxy) is 1. The lowest BCUT2D eigenvalue weighted by Gasteiger charge is -2.16. The second kappa shape index (κ2) is 8.33. The van der Waals surface area contributed by atoms with Crippen LogP contribution in [-0.2, 0) is 33.6 Å². The van der Waals surface area contributed by atoms with E-state index in [9.17, 15) is 14.4 Å². The number of benzene rings is 1. The van der Waals surface area contributed by atoms with Gasteiger partial charge in [-0.25, -0.2) is 0 Å². The number of esters is 1. The number of rotatable bonds is 5. The molecule has 0 unspecified atom stereocenters. The highest BCUT2D eigenvalue weighted by Crippen LogP contribution is 2.22. The van der Waals surface area contributed by atoms with Gasteiger partial charge in [0, 0.05) is 0 Å². The van der Waals surface area contributed by atoms with Crippen LogP contribution in [0.2, 0.25) is 0 Å². The Morgan fingerprint density at radius 2 is 1.85 bits per heavy atom. The molecule has 0 saturated heterocycles. The van der Waals surface area contributed by atoms with Gasteiger partial charge >= 0.3 is 11.9 Å². The Hall–Kier alpha value is -3.09. The summed E-state index contributed by atoms with van der Waals surface area (Å²) in [5, 5.41) is 0. The monoisotopic (exact) mass is 356 g/mol. The molecule has 3 rings (SSSR count). The van der Waals surface area contributed by atoms with Crippen LogP contribution in [-0.4, -0.2) is 24.4 Å². The Morgan fingerprint density at radius 1 is 1.04 bits per heavy atom. The first-order chi connectivity index (χ1) is 12.6. The number of fused-ring (bicyclic) bond motifs is 1. The van der Waals surface area contributed by atoms with Crippen LogP contribution in [0, 0.1) is 0 Å². The van der Waals surface area contributed by atoms with Crippen LogP contribution >= 0.6 is 0 Å². The van der Waals surface area contributed by atoms with Gasteiger partial charge in [-0.3, -0.25) is 25.2 Å². The van der Waals surface area contributed by atoms with E-state index >= 15 is 0 Å². The molecule has 0 fully saturated rings. The fourth-order valence-electron chi connectivity index (χ4n) is 2.89. The van der Waals surface area contributed by atoms with E-state index < -0.39 is 24.4 Å². The van der Waals surface area contributed by atoms with Crippen LogP contribution in [0.4, 0.5) is 0 Å². The van der Waals surface area contributed by atoms with E-state index in [1.54, 1.807) is 6.07 Å². The number of carbonyl (C=O) groups is 3. The predicted molar refractivity (Wildman–Crippen MR) is 92.1 cm³/mol. The number of carbonyl (C=O) groups excluding carboxylic acids is 3. The Morgan fingerprint density at radius 3 is 2.62 bits per heavy atom. The molecule has 7 heteroatoms. The molecular formula is C19H20N2O5.